The molecule has 1 aliphatic rings. The summed E-state index contributed by atoms with van der Waals surface area (Å²) in [6.45, 7) is 0. The fourth-order valence-electron chi connectivity index (χ4n) is 3.51. The number of phenolic OH excluding ortho intramolecular Hbond substituents is 5. The first kappa shape index (κ1) is 20.1. The summed E-state index contributed by atoms with van der Waals surface area (Å²) in [5.41, 5.74) is 1.61. The average molecular weight is 428 g/mol. The van der Waals surface area contributed by atoms with Crippen LogP contribution in [-0.2, 0) is 5.75 Å². The lowest BCUT2D eigenvalue weighted by Crippen LogP contribution is -2.33. The highest BCUT2D eigenvalue weighted by Crippen LogP contribution is 2.53. The third-order valence-corrected chi connectivity index (χ3v) is 6.33. The predicted molar refractivity (Wildman–Crippen MR) is 111 cm³/mol. The Morgan fingerprint density at radius 3 is 2.17 bits per heavy atom. The minimum atomic E-state index is -1.16. The fraction of sp³-hybridized carbons (Fsp3) is 0.182. The Balaban J connectivity index is 1.74. The molecule has 3 aromatic rings. The lowest BCUT2D eigenvalue weighted by molar-refractivity contribution is 0.0173. The molecule has 0 amide bonds. The summed E-state index contributed by atoms with van der Waals surface area (Å²) in [7, 11) is 0. The molecule has 0 bridgehead atoms. The highest BCUT2D eigenvalue weighted by atomic mass is 32.2. The van der Waals surface area contributed by atoms with Gasteiger partial charge in [0.25, 0.3) is 0 Å². The van der Waals surface area contributed by atoms with Crippen LogP contribution in [0.3, 0.4) is 0 Å². The van der Waals surface area contributed by atoms with Gasteiger partial charge in [0.15, 0.2) is 23.4 Å². The summed E-state index contributed by atoms with van der Waals surface area (Å²) in [4.78, 5) is 0. The van der Waals surface area contributed by atoms with Gasteiger partial charge in [-0.2, -0.15) is 0 Å². The maximum Gasteiger partial charge on any atom is 0.200 e. The standard InChI is InChI=1S/C22H20O7S/c23-13-8-14(24)18-17(9-13)29-21(12-6-15(25)19(27)16(26)7-12)20(28)22(18)30-10-11-4-2-1-3-5-11/h1-9,20-28H,10H2. The molecule has 0 fully saturated rings. The normalized spacial score (nSPS) is 20.4. The smallest absolute Gasteiger partial charge is 0.200 e. The minimum Gasteiger partial charge on any atom is -0.508 e. The molecule has 0 saturated carbocycles. The SMILES string of the molecule is Oc1cc(O)c2c(c1)OC(c1cc(O)c(O)c(O)c1)C(O)C2SCc1ccccc1. The molecule has 3 atom stereocenters. The predicted octanol–water partition coefficient (Wildman–Crippen LogP) is 3.68. The number of ether oxygens (including phenoxy) is 1. The van der Waals surface area contributed by atoms with Crippen molar-refractivity contribution in [2.45, 2.75) is 23.2 Å². The number of aliphatic hydroxyl groups excluding tert-OH is 1. The van der Waals surface area contributed by atoms with E-state index in [-0.39, 0.29) is 22.8 Å². The van der Waals surface area contributed by atoms with E-state index in [2.05, 4.69) is 0 Å². The second-order valence-electron chi connectivity index (χ2n) is 7.03. The summed E-state index contributed by atoms with van der Waals surface area (Å²) in [6, 6.07) is 14.5. The third kappa shape index (κ3) is 3.67. The lowest BCUT2D eigenvalue weighted by atomic mass is 9.93. The van der Waals surface area contributed by atoms with E-state index >= 15 is 0 Å². The monoisotopic (exact) mass is 428 g/mol. The van der Waals surface area contributed by atoms with Crippen molar-refractivity contribution in [2.24, 2.45) is 0 Å². The number of aromatic hydroxyl groups is 5. The number of hydrogen-bond acceptors (Lipinski definition) is 8. The summed E-state index contributed by atoms with van der Waals surface area (Å²) >= 11 is 1.39. The summed E-state index contributed by atoms with van der Waals surface area (Å²) in [5.74, 6) is -1.47. The molecule has 0 spiro atoms. The maximum absolute atomic E-state index is 11.1. The van der Waals surface area contributed by atoms with Gasteiger partial charge < -0.3 is 35.4 Å². The molecule has 0 aromatic heterocycles. The number of aliphatic hydroxyl groups is 1. The van der Waals surface area contributed by atoms with Crippen LogP contribution in [0.2, 0.25) is 0 Å². The molecule has 6 N–H and O–H groups in total. The van der Waals surface area contributed by atoms with Crippen LogP contribution < -0.4 is 4.74 Å². The Morgan fingerprint density at radius 1 is 0.833 bits per heavy atom. The molecule has 0 aliphatic carbocycles. The zero-order valence-electron chi connectivity index (χ0n) is 15.6. The number of hydrogen-bond donors (Lipinski definition) is 6. The first-order chi connectivity index (χ1) is 14.3. The Labute approximate surface area is 176 Å². The zero-order valence-corrected chi connectivity index (χ0v) is 16.5. The van der Waals surface area contributed by atoms with E-state index in [1.54, 1.807) is 0 Å². The van der Waals surface area contributed by atoms with Crippen molar-refractivity contribution in [2.75, 3.05) is 0 Å². The molecule has 1 aliphatic heterocycles. The Morgan fingerprint density at radius 2 is 1.50 bits per heavy atom. The van der Waals surface area contributed by atoms with E-state index in [0.717, 1.165) is 5.56 Å². The maximum atomic E-state index is 11.1. The Bertz CT molecular complexity index is 1050. The van der Waals surface area contributed by atoms with Gasteiger partial charge in [0.05, 0.1) is 10.8 Å². The molecule has 3 unspecified atom stereocenters. The average Bonchev–Trinajstić information content (AvgIpc) is 2.71. The van der Waals surface area contributed by atoms with Gasteiger partial charge in [0.2, 0.25) is 0 Å². The molecule has 4 rings (SSSR count). The molecular formula is C22H20O7S. The van der Waals surface area contributed by atoms with E-state index in [1.807, 2.05) is 30.3 Å². The molecule has 1 heterocycles. The molecule has 156 valence electrons. The number of benzene rings is 3. The summed E-state index contributed by atoms with van der Waals surface area (Å²) < 4.78 is 5.84. The largest absolute Gasteiger partial charge is 0.508 e. The second kappa shape index (κ2) is 7.89. The van der Waals surface area contributed by atoms with E-state index < -0.39 is 34.7 Å². The van der Waals surface area contributed by atoms with Gasteiger partial charge in [-0.3, -0.25) is 0 Å². The van der Waals surface area contributed by atoms with Gasteiger partial charge in [-0.05, 0) is 17.7 Å². The molecule has 0 saturated heterocycles. The molecular weight excluding hydrogens is 408 g/mol. The molecule has 3 aromatic carbocycles. The van der Waals surface area contributed by atoms with Gasteiger partial charge in [0, 0.05) is 23.4 Å². The number of rotatable bonds is 4. The highest BCUT2D eigenvalue weighted by Gasteiger charge is 2.41. The van der Waals surface area contributed by atoms with Crippen LogP contribution in [0, 0.1) is 0 Å². The van der Waals surface area contributed by atoms with Crippen molar-refractivity contribution in [3.8, 4) is 34.5 Å². The molecule has 30 heavy (non-hydrogen) atoms. The van der Waals surface area contributed by atoms with Crippen LogP contribution in [0.25, 0.3) is 0 Å². The lowest BCUT2D eigenvalue weighted by Gasteiger charge is -2.37. The highest BCUT2D eigenvalue weighted by molar-refractivity contribution is 7.98. The summed E-state index contributed by atoms with van der Waals surface area (Å²) in [6.07, 6.45) is -2.19. The van der Waals surface area contributed by atoms with E-state index in [9.17, 15) is 30.6 Å². The van der Waals surface area contributed by atoms with Crippen molar-refractivity contribution < 1.29 is 35.4 Å². The van der Waals surface area contributed by atoms with Crippen LogP contribution in [0.15, 0.2) is 54.6 Å². The number of thioether (sulfide) groups is 1. The van der Waals surface area contributed by atoms with Gasteiger partial charge in [-0.25, -0.2) is 0 Å². The van der Waals surface area contributed by atoms with Gasteiger partial charge in [-0.15, -0.1) is 11.8 Å². The van der Waals surface area contributed by atoms with Crippen LogP contribution in [0.4, 0.5) is 0 Å². The van der Waals surface area contributed by atoms with Crippen LogP contribution in [0.5, 0.6) is 34.5 Å². The minimum absolute atomic E-state index is 0.181. The molecule has 7 nitrogen and oxygen atoms in total. The third-order valence-electron chi connectivity index (χ3n) is 4.96. The first-order valence-corrected chi connectivity index (χ1v) is 10.2. The number of phenols is 5. The van der Waals surface area contributed by atoms with Crippen LogP contribution in [0.1, 0.15) is 28.0 Å². The quantitative estimate of drug-likeness (QED) is 0.347. The van der Waals surface area contributed by atoms with Gasteiger partial charge in [-0.1, -0.05) is 30.3 Å². The van der Waals surface area contributed by atoms with Crippen molar-refractivity contribution in [1.82, 2.24) is 0 Å². The second-order valence-corrected chi connectivity index (χ2v) is 8.16. The van der Waals surface area contributed by atoms with E-state index in [0.29, 0.717) is 11.3 Å². The van der Waals surface area contributed by atoms with Crippen LogP contribution >= 0.6 is 11.8 Å². The summed E-state index contributed by atoms with van der Waals surface area (Å²) in [5, 5.41) is 60.1. The van der Waals surface area contributed by atoms with Crippen molar-refractivity contribution >= 4 is 11.8 Å². The topological polar surface area (TPSA) is 131 Å². The van der Waals surface area contributed by atoms with Gasteiger partial charge >= 0.3 is 0 Å². The molecule has 8 heteroatoms. The van der Waals surface area contributed by atoms with Gasteiger partial charge in [0.1, 0.15) is 23.4 Å². The first-order valence-electron chi connectivity index (χ1n) is 9.16. The molecule has 0 radical (unpaired) electrons. The van der Waals surface area contributed by atoms with E-state index in [4.69, 9.17) is 4.74 Å². The Hall–Kier alpha value is -3.23. The van der Waals surface area contributed by atoms with Crippen molar-refractivity contribution in [3.05, 3.63) is 71.3 Å². The zero-order chi connectivity index (χ0) is 21.4. The van der Waals surface area contributed by atoms with E-state index in [1.165, 1.54) is 36.0 Å². The van der Waals surface area contributed by atoms with Crippen LogP contribution in [-0.4, -0.2) is 36.7 Å². The van der Waals surface area contributed by atoms with Crippen molar-refractivity contribution in [1.29, 1.82) is 0 Å². The number of fused-ring (bicyclic) bond motifs is 1. The fourth-order valence-corrected chi connectivity index (χ4v) is 4.82. The van der Waals surface area contributed by atoms with Crippen molar-refractivity contribution in [3.63, 3.8) is 0 Å². The Kier molecular flexibility index (Phi) is 5.27.